The summed E-state index contributed by atoms with van der Waals surface area (Å²) in [5, 5.41) is 0. The van der Waals surface area contributed by atoms with Gasteiger partial charge in [-0.2, -0.15) is 0 Å². The maximum absolute atomic E-state index is 13.1. The fourth-order valence-corrected chi connectivity index (χ4v) is 1.33. The van der Waals surface area contributed by atoms with Crippen molar-refractivity contribution in [3.63, 3.8) is 0 Å². The van der Waals surface area contributed by atoms with E-state index in [1.807, 2.05) is 30.3 Å². The van der Waals surface area contributed by atoms with Gasteiger partial charge in [0.1, 0.15) is 11.5 Å². The van der Waals surface area contributed by atoms with Gasteiger partial charge in [-0.3, -0.25) is 0 Å². The zero-order valence-corrected chi connectivity index (χ0v) is 8.81. The highest BCUT2D eigenvalue weighted by molar-refractivity contribution is 5.37. The Morgan fingerprint density at radius 1 is 0.938 bits per heavy atom. The lowest BCUT2D eigenvalue weighted by molar-refractivity contribution is 0.381. The number of halogens is 1. The minimum absolute atomic E-state index is 0.174. The molecule has 2 aromatic carbocycles. The topological polar surface area (TPSA) is 18.5 Å². The maximum atomic E-state index is 13.1. The third-order valence-electron chi connectivity index (χ3n) is 2.10. The Bertz CT molecular complexity index is 469. The minimum atomic E-state index is -0.400. The summed E-state index contributed by atoms with van der Waals surface area (Å²) < 4.78 is 23.5. The molecule has 0 aromatic heterocycles. The number of hydrogen-bond donors (Lipinski definition) is 0. The van der Waals surface area contributed by atoms with Gasteiger partial charge in [-0.05, 0) is 24.3 Å². The van der Waals surface area contributed by atoms with E-state index in [2.05, 4.69) is 0 Å². The van der Waals surface area contributed by atoms with Gasteiger partial charge >= 0.3 is 0 Å². The van der Waals surface area contributed by atoms with Gasteiger partial charge in [0.05, 0.1) is 7.11 Å². The van der Waals surface area contributed by atoms with Gasteiger partial charge in [0.15, 0.2) is 11.6 Å². The first kappa shape index (κ1) is 10.5. The first-order chi connectivity index (χ1) is 7.79. The maximum Gasteiger partial charge on any atom is 0.165 e. The second-order valence-electron chi connectivity index (χ2n) is 3.21. The van der Waals surface area contributed by atoms with Crippen LogP contribution in [0.15, 0.2) is 48.5 Å². The Labute approximate surface area is 93.2 Å². The molecule has 0 aliphatic carbocycles. The highest BCUT2D eigenvalue weighted by atomic mass is 19.1. The van der Waals surface area contributed by atoms with E-state index in [9.17, 15) is 4.39 Å². The van der Waals surface area contributed by atoms with Crippen LogP contribution in [0.2, 0.25) is 0 Å². The van der Waals surface area contributed by atoms with Crippen LogP contribution in [0.3, 0.4) is 0 Å². The Hall–Kier alpha value is -2.03. The molecule has 2 aromatic rings. The smallest absolute Gasteiger partial charge is 0.165 e. The van der Waals surface area contributed by atoms with Crippen molar-refractivity contribution in [2.45, 2.75) is 0 Å². The Balaban J connectivity index is 2.22. The standard InChI is InChI=1S/C13H11FO2/c1-15-13-9-11(7-8-12(13)14)16-10-5-3-2-4-6-10/h2-9H,1H3. The molecular formula is C13H11FO2. The van der Waals surface area contributed by atoms with Crippen LogP contribution < -0.4 is 9.47 Å². The molecule has 0 aliphatic rings. The number of benzene rings is 2. The average molecular weight is 218 g/mol. The van der Waals surface area contributed by atoms with E-state index in [0.29, 0.717) is 11.5 Å². The number of para-hydroxylation sites is 1. The monoisotopic (exact) mass is 218 g/mol. The number of rotatable bonds is 3. The Morgan fingerprint density at radius 2 is 1.69 bits per heavy atom. The summed E-state index contributed by atoms with van der Waals surface area (Å²) in [4.78, 5) is 0. The molecule has 0 radical (unpaired) electrons. The molecule has 82 valence electrons. The van der Waals surface area contributed by atoms with E-state index in [1.165, 1.54) is 19.2 Å². The molecule has 3 heteroatoms. The predicted octanol–water partition coefficient (Wildman–Crippen LogP) is 3.63. The Kier molecular flexibility index (Phi) is 3.05. The summed E-state index contributed by atoms with van der Waals surface area (Å²) in [6, 6.07) is 13.7. The van der Waals surface area contributed by atoms with Crippen molar-refractivity contribution < 1.29 is 13.9 Å². The van der Waals surface area contributed by atoms with Crippen molar-refractivity contribution in [1.29, 1.82) is 0 Å². The van der Waals surface area contributed by atoms with Gasteiger partial charge in [-0.25, -0.2) is 4.39 Å². The van der Waals surface area contributed by atoms with Crippen molar-refractivity contribution in [2.24, 2.45) is 0 Å². The first-order valence-electron chi connectivity index (χ1n) is 4.86. The van der Waals surface area contributed by atoms with E-state index in [1.54, 1.807) is 6.07 Å². The molecule has 0 spiro atoms. The van der Waals surface area contributed by atoms with Gasteiger partial charge in [-0.1, -0.05) is 18.2 Å². The average Bonchev–Trinajstić information content (AvgIpc) is 2.33. The van der Waals surface area contributed by atoms with Crippen LogP contribution in [0, 0.1) is 5.82 Å². The molecule has 0 atom stereocenters. The highest BCUT2D eigenvalue weighted by Crippen LogP contribution is 2.27. The van der Waals surface area contributed by atoms with Crippen LogP contribution in [0.25, 0.3) is 0 Å². The zero-order chi connectivity index (χ0) is 11.4. The van der Waals surface area contributed by atoms with Crippen LogP contribution in [-0.2, 0) is 0 Å². The van der Waals surface area contributed by atoms with Crippen molar-refractivity contribution in [1.82, 2.24) is 0 Å². The number of ether oxygens (including phenoxy) is 2. The molecule has 2 nitrogen and oxygen atoms in total. The molecule has 0 heterocycles. The van der Waals surface area contributed by atoms with Crippen molar-refractivity contribution in [3.8, 4) is 17.2 Å². The highest BCUT2D eigenvalue weighted by Gasteiger charge is 2.04. The van der Waals surface area contributed by atoms with Crippen molar-refractivity contribution in [3.05, 3.63) is 54.3 Å². The van der Waals surface area contributed by atoms with Crippen LogP contribution >= 0.6 is 0 Å². The molecule has 0 N–H and O–H groups in total. The van der Waals surface area contributed by atoms with Gasteiger partial charge in [0.25, 0.3) is 0 Å². The van der Waals surface area contributed by atoms with E-state index >= 15 is 0 Å². The van der Waals surface area contributed by atoms with E-state index in [4.69, 9.17) is 9.47 Å². The molecule has 0 saturated carbocycles. The fraction of sp³-hybridized carbons (Fsp3) is 0.0769. The zero-order valence-electron chi connectivity index (χ0n) is 8.81. The Morgan fingerprint density at radius 3 is 2.38 bits per heavy atom. The van der Waals surface area contributed by atoms with Gasteiger partial charge in [-0.15, -0.1) is 0 Å². The largest absolute Gasteiger partial charge is 0.494 e. The summed E-state index contributed by atoms with van der Waals surface area (Å²) in [5.74, 6) is 1.02. The second kappa shape index (κ2) is 4.66. The lowest BCUT2D eigenvalue weighted by Crippen LogP contribution is -1.89. The molecule has 0 unspecified atom stereocenters. The predicted molar refractivity (Wildman–Crippen MR) is 59.5 cm³/mol. The molecule has 2 rings (SSSR count). The van der Waals surface area contributed by atoms with Crippen LogP contribution in [0.1, 0.15) is 0 Å². The van der Waals surface area contributed by atoms with E-state index in [0.717, 1.165) is 0 Å². The number of hydrogen-bond acceptors (Lipinski definition) is 2. The van der Waals surface area contributed by atoms with Gasteiger partial charge in [0.2, 0.25) is 0 Å². The fourth-order valence-electron chi connectivity index (χ4n) is 1.33. The van der Waals surface area contributed by atoms with Crippen LogP contribution in [0.5, 0.6) is 17.2 Å². The number of methoxy groups -OCH3 is 1. The van der Waals surface area contributed by atoms with Crippen LogP contribution in [0.4, 0.5) is 4.39 Å². The third kappa shape index (κ3) is 2.31. The summed E-state index contributed by atoms with van der Waals surface area (Å²) in [6.07, 6.45) is 0. The van der Waals surface area contributed by atoms with Crippen LogP contribution in [-0.4, -0.2) is 7.11 Å². The van der Waals surface area contributed by atoms with E-state index < -0.39 is 5.82 Å². The third-order valence-corrected chi connectivity index (χ3v) is 2.10. The minimum Gasteiger partial charge on any atom is -0.494 e. The molecule has 0 aliphatic heterocycles. The van der Waals surface area contributed by atoms with E-state index in [-0.39, 0.29) is 5.75 Å². The normalized spacial score (nSPS) is 9.88. The molecular weight excluding hydrogens is 207 g/mol. The first-order valence-corrected chi connectivity index (χ1v) is 4.86. The lowest BCUT2D eigenvalue weighted by atomic mass is 10.3. The summed E-state index contributed by atoms with van der Waals surface area (Å²) in [6.45, 7) is 0. The lowest BCUT2D eigenvalue weighted by Gasteiger charge is -2.07. The van der Waals surface area contributed by atoms with Crippen molar-refractivity contribution >= 4 is 0 Å². The van der Waals surface area contributed by atoms with Gasteiger partial charge in [0, 0.05) is 6.07 Å². The molecule has 0 bridgehead atoms. The molecule has 0 amide bonds. The van der Waals surface area contributed by atoms with Gasteiger partial charge < -0.3 is 9.47 Å². The second-order valence-corrected chi connectivity index (χ2v) is 3.21. The summed E-state index contributed by atoms with van der Waals surface area (Å²) in [7, 11) is 1.42. The van der Waals surface area contributed by atoms with Crippen molar-refractivity contribution in [2.75, 3.05) is 7.11 Å². The molecule has 0 fully saturated rings. The molecule has 16 heavy (non-hydrogen) atoms. The SMILES string of the molecule is COc1cc(Oc2ccccc2)ccc1F. The summed E-state index contributed by atoms with van der Waals surface area (Å²) >= 11 is 0. The quantitative estimate of drug-likeness (QED) is 0.783. The molecule has 0 saturated heterocycles. The summed E-state index contributed by atoms with van der Waals surface area (Å²) in [5.41, 5.74) is 0.